The van der Waals surface area contributed by atoms with Gasteiger partial charge in [0.1, 0.15) is 0 Å². The first kappa shape index (κ1) is 17.6. The van der Waals surface area contributed by atoms with Crippen molar-refractivity contribution in [3.63, 3.8) is 0 Å². The van der Waals surface area contributed by atoms with Crippen molar-refractivity contribution in [2.45, 2.75) is 13.1 Å². The molecule has 0 unspecified atom stereocenters. The average Bonchev–Trinajstić information content (AvgIpc) is 2.17. The standard InChI is InChI=1S/C4H6O3.C3H10O4SSi/c1-3-4(5)7-6-2;1-6-8(4,5)7-9(2)3/h3H,1H2,2H3;9H,1-3H3. The molecule has 0 aromatic carbocycles. The zero-order valence-corrected chi connectivity index (χ0v) is 11.6. The second-order valence-corrected chi connectivity index (χ2v) is 6.51. The summed E-state index contributed by atoms with van der Waals surface area (Å²) >= 11 is 0. The van der Waals surface area contributed by atoms with Crippen molar-refractivity contribution in [3.8, 4) is 0 Å². The number of carbonyl (C=O) groups excluding carboxylic acids is 1. The van der Waals surface area contributed by atoms with E-state index >= 15 is 0 Å². The van der Waals surface area contributed by atoms with Crippen LogP contribution in [0.3, 0.4) is 0 Å². The van der Waals surface area contributed by atoms with Crippen LogP contribution in [-0.4, -0.2) is 37.6 Å². The normalized spacial score (nSPS) is 10.3. The molecule has 0 amide bonds. The third-order valence-corrected chi connectivity index (χ3v) is 3.74. The minimum Gasteiger partial charge on any atom is -0.298 e. The van der Waals surface area contributed by atoms with Crippen molar-refractivity contribution >= 4 is 25.4 Å². The third-order valence-electron chi connectivity index (χ3n) is 0.847. The van der Waals surface area contributed by atoms with Crippen molar-refractivity contribution in [2.24, 2.45) is 0 Å². The molecule has 0 aromatic heterocycles. The first-order chi connectivity index (χ1) is 7.29. The van der Waals surface area contributed by atoms with E-state index in [9.17, 15) is 13.2 Å². The summed E-state index contributed by atoms with van der Waals surface area (Å²) in [6, 6.07) is 0. The molecule has 0 spiro atoms. The lowest BCUT2D eigenvalue weighted by molar-refractivity contribution is -0.249. The van der Waals surface area contributed by atoms with Crippen molar-refractivity contribution in [1.82, 2.24) is 0 Å². The van der Waals surface area contributed by atoms with E-state index in [4.69, 9.17) is 0 Å². The van der Waals surface area contributed by atoms with Crippen LogP contribution < -0.4 is 0 Å². The van der Waals surface area contributed by atoms with Gasteiger partial charge in [0.25, 0.3) is 0 Å². The summed E-state index contributed by atoms with van der Waals surface area (Å²) in [5.74, 6) is -0.581. The predicted octanol–water partition coefficient (Wildman–Crippen LogP) is 0.155. The van der Waals surface area contributed by atoms with E-state index in [2.05, 4.69) is 24.4 Å². The van der Waals surface area contributed by atoms with Crippen LogP contribution in [0.15, 0.2) is 12.7 Å². The molecule has 16 heavy (non-hydrogen) atoms. The Bertz CT molecular complexity index is 298. The number of hydrogen-bond acceptors (Lipinski definition) is 7. The van der Waals surface area contributed by atoms with Crippen molar-refractivity contribution in [3.05, 3.63) is 12.7 Å². The van der Waals surface area contributed by atoms with Gasteiger partial charge in [-0.2, -0.15) is 13.3 Å². The summed E-state index contributed by atoms with van der Waals surface area (Å²) in [4.78, 5) is 17.9. The van der Waals surface area contributed by atoms with Crippen LogP contribution >= 0.6 is 0 Å². The Labute approximate surface area is 96.9 Å². The number of hydrogen-bond donors (Lipinski definition) is 0. The Kier molecular flexibility index (Phi) is 10.5. The van der Waals surface area contributed by atoms with E-state index in [-0.39, 0.29) is 0 Å². The quantitative estimate of drug-likeness (QED) is 0.305. The molecule has 0 aliphatic carbocycles. The van der Waals surface area contributed by atoms with Gasteiger partial charge in [-0.05, 0) is 13.1 Å². The molecule has 0 aliphatic rings. The Morgan fingerprint density at radius 2 is 1.81 bits per heavy atom. The molecule has 96 valence electrons. The van der Waals surface area contributed by atoms with Gasteiger partial charge in [-0.3, -0.25) is 12.9 Å². The van der Waals surface area contributed by atoms with Crippen LogP contribution in [-0.2, 0) is 33.0 Å². The Balaban J connectivity index is 0. The fourth-order valence-corrected chi connectivity index (χ4v) is 2.59. The van der Waals surface area contributed by atoms with Gasteiger partial charge >= 0.3 is 16.4 Å². The first-order valence-electron chi connectivity index (χ1n) is 4.15. The highest BCUT2D eigenvalue weighted by molar-refractivity contribution is 7.82. The minimum atomic E-state index is -3.66. The maximum absolute atomic E-state index is 10.4. The maximum Gasteiger partial charge on any atom is 0.389 e. The summed E-state index contributed by atoms with van der Waals surface area (Å²) in [6.45, 7) is 6.62. The predicted molar refractivity (Wildman–Crippen MR) is 59.2 cm³/mol. The molecule has 0 radical (unpaired) electrons. The van der Waals surface area contributed by atoms with Crippen molar-refractivity contribution in [2.75, 3.05) is 14.2 Å². The van der Waals surface area contributed by atoms with Gasteiger partial charge in [-0.25, -0.2) is 4.79 Å². The van der Waals surface area contributed by atoms with E-state index in [0.29, 0.717) is 0 Å². The topological polar surface area (TPSA) is 88.1 Å². The van der Waals surface area contributed by atoms with Crippen LogP contribution in [0.4, 0.5) is 0 Å². The summed E-state index contributed by atoms with van der Waals surface area (Å²) < 4.78 is 29.3. The summed E-state index contributed by atoms with van der Waals surface area (Å²) in [5, 5.41) is 0. The molecule has 0 saturated carbocycles. The molecule has 0 atom stereocenters. The Morgan fingerprint density at radius 1 is 1.31 bits per heavy atom. The first-order valence-corrected chi connectivity index (χ1v) is 8.26. The monoisotopic (exact) mass is 272 g/mol. The van der Waals surface area contributed by atoms with E-state index in [0.717, 1.165) is 13.2 Å². The van der Waals surface area contributed by atoms with Gasteiger partial charge in [0.15, 0.2) is 9.04 Å². The molecule has 0 N–H and O–H groups in total. The maximum atomic E-state index is 10.4. The Morgan fingerprint density at radius 3 is 1.94 bits per heavy atom. The highest BCUT2D eigenvalue weighted by Crippen LogP contribution is 1.95. The molecular weight excluding hydrogens is 256 g/mol. The summed E-state index contributed by atoms with van der Waals surface area (Å²) in [5.41, 5.74) is 0. The third kappa shape index (κ3) is 13.3. The van der Waals surface area contributed by atoms with Crippen molar-refractivity contribution in [1.29, 1.82) is 0 Å². The molecule has 0 aromatic rings. The lowest BCUT2D eigenvalue weighted by Crippen LogP contribution is -2.16. The van der Waals surface area contributed by atoms with E-state index in [1.54, 1.807) is 13.1 Å². The second kappa shape index (κ2) is 9.48. The van der Waals surface area contributed by atoms with Gasteiger partial charge < -0.3 is 0 Å². The van der Waals surface area contributed by atoms with E-state index in [1.165, 1.54) is 7.11 Å². The van der Waals surface area contributed by atoms with Gasteiger partial charge in [0.2, 0.25) is 0 Å². The van der Waals surface area contributed by atoms with Gasteiger partial charge in [-0.1, -0.05) is 6.58 Å². The molecule has 0 bridgehead atoms. The molecule has 7 nitrogen and oxygen atoms in total. The number of rotatable bonds is 5. The molecule has 0 saturated heterocycles. The molecule has 0 fully saturated rings. The highest BCUT2D eigenvalue weighted by Gasteiger charge is 2.10. The lowest BCUT2D eigenvalue weighted by atomic mass is 10.7. The zero-order valence-electron chi connectivity index (χ0n) is 9.63. The van der Waals surface area contributed by atoms with Crippen LogP contribution in [0.2, 0.25) is 13.1 Å². The SMILES string of the molecule is C=CC(=O)OOC.COS(=O)(=O)O[SiH](C)C. The van der Waals surface area contributed by atoms with Crippen LogP contribution in [0, 0.1) is 0 Å². The lowest BCUT2D eigenvalue weighted by Gasteiger charge is -2.03. The van der Waals surface area contributed by atoms with Gasteiger partial charge in [0, 0.05) is 6.08 Å². The fourth-order valence-electron chi connectivity index (χ4n) is 0.391. The van der Waals surface area contributed by atoms with Crippen LogP contribution in [0.25, 0.3) is 0 Å². The average molecular weight is 272 g/mol. The molecule has 0 aliphatic heterocycles. The van der Waals surface area contributed by atoms with Crippen molar-refractivity contribution < 1.29 is 31.0 Å². The Hall–Kier alpha value is -0.743. The van der Waals surface area contributed by atoms with Gasteiger partial charge in [-0.15, -0.1) is 0 Å². The fraction of sp³-hybridized carbons (Fsp3) is 0.571. The largest absolute Gasteiger partial charge is 0.389 e. The smallest absolute Gasteiger partial charge is 0.298 e. The summed E-state index contributed by atoms with van der Waals surface area (Å²) in [6.07, 6.45) is 1.02. The van der Waals surface area contributed by atoms with Gasteiger partial charge in [0.05, 0.1) is 14.2 Å². The number of carbonyl (C=O) groups is 1. The van der Waals surface area contributed by atoms with Crippen LogP contribution in [0.1, 0.15) is 0 Å². The second-order valence-electron chi connectivity index (χ2n) is 2.49. The summed E-state index contributed by atoms with van der Waals surface area (Å²) in [7, 11) is -2.86. The minimum absolute atomic E-state index is 0.581. The molecule has 0 heterocycles. The molecule has 9 heteroatoms. The van der Waals surface area contributed by atoms with Crippen LogP contribution in [0.5, 0.6) is 0 Å². The zero-order chi connectivity index (χ0) is 13.2. The molecular formula is C7H16O7SSi. The van der Waals surface area contributed by atoms with E-state index in [1.807, 2.05) is 0 Å². The van der Waals surface area contributed by atoms with E-state index < -0.39 is 25.4 Å². The molecule has 0 rings (SSSR count). The highest BCUT2D eigenvalue weighted by atomic mass is 32.3.